The van der Waals surface area contributed by atoms with Crippen LogP contribution in [0.2, 0.25) is 0 Å². The van der Waals surface area contributed by atoms with Gasteiger partial charge in [0.2, 0.25) is 0 Å². The lowest BCUT2D eigenvalue weighted by Crippen LogP contribution is -2.65. The van der Waals surface area contributed by atoms with Gasteiger partial charge in [-0.25, -0.2) is 0 Å². The molecule has 5 rings (SSSR count). The van der Waals surface area contributed by atoms with E-state index in [4.69, 9.17) is 9.47 Å². The minimum atomic E-state index is -1.25. The predicted molar refractivity (Wildman–Crippen MR) is 141 cm³/mol. The van der Waals surface area contributed by atoms with Crippen molar-refractivity contribution in [3.05, 3.63) is 11.6 Å². The average Bonchev–Trinajstić information content (AvgIpc) is 3.38. The molecule has 0 spiro atoms. The van der Waals surface area contributed by atoms with Crippen molar-refractivity contribution in [1.82, 2.24) is 0 Å². The summed E-state index contributed by atoms with van der Waals surface area (Å²) in [5.74, 6) is 1.26. The smallest absolute Gasteiger partial charge is 0.160 e. The molecule has 1 saturated heterocycles. The standard InChI is InChI=1S/C31H50O6/c1-27(2)22-16-24(33)31(7)20-10-9-18(17-15-19(37-26(17)36-8)25(34)28(3,4)35)29(20,5)13-11-21(31)30(22,6)14-12-23(27)32/h10,17-19,21-22,24-26,33-35H,9,11-16H2,1-8H3/t17-,18+,19+,21+,22-,24+,25-,26+,29-,30+,31-/m0/s1. The van der Waals surface area contributed by atoms with Gasteiger partial charge in [-0.1, -0.05) is 46.3 Å². The van der Waals surface area contributed by atoms with E-state index < -0.39 is 35.6 Å². The monoisotopic (exact) mass is 518 g/mol. The molecule has 5 aliphatic rings. The summed E-state index contributed by atoms with van der Waals surface area (Å²) in [6.07, 6.45) is 5.90. The number of methoxy groups -OCH3 is 1. The van der Waals surface area contributed by atoms with E-state index in [0.717, 1.165) is 25.7 Å². The molecule has 0 aromatic rings. The Hall–Kier alpha value is -0.790. The fraction of sp³-hybridized carbons (Fsp3) is 0.903. The minimum absolute atomic E-state index is 0.0269. The number of fused-ring (bicyclic) bond motifs is 5. The Morgan fingerprint density at radius 3 is 2.41 bits per heavy atom. The summed E-state index contributed by atoms with van der Waals surface area (Å²) >= 11 is 0. The first-order chi connectivity index (χ1) is 17.0. The Morgan fingerprint density at radius 2 is 1.78 bits per heavy atom. The van der Waals surface area contributed by atoms with Gasteiger partial charge < -0.3 is 24.8 Å². The quantitative estimate of drug-likeness (QED) is 0.469. The zero-order valence-electron chi connectivity index (χ0n) is 24.2. The average molecular weight is 519 g/mol. The normalized spacial score (nSPS) is 50.2. The van der Waals surface area contributed by atoms with Crippen LogP contribution in [0.5, 0.6) is 0 Å². The lowest BCUT2D eigenvalue weighted by atomic mass is 9.37. The van der Waals surface area contributed by atoms with Gasteiger partial charge in [0.05, 0.1) is 17.8 Å². The van der Waals surface area contributed by atoms with E-state index in [2.05, 4.69) is 40.7 Å². The maximum absolute atomic E-state index is 12.9. The summed E-state index contributed by atoms with van der Waals surface area (Å²) in [5, 5.41) is 33.1. The van der Waals surface area contributed by atoms with Crippen LogP contribution >= 0.6 is 0 Å². The number of ether oxygens (including phenoxy) is 2. The molecule has 0 amide bonds. The molecule has 0 unspecified atom stereocenters. The van der Waals surface area contributed by atoms with Crippen molar-refractivity contribution in [3.8, 4) is 0 Å². The molecule has 0 aromatic heterocycles. The van der Waals surface area contributed by atoms with E-state index in [0.29, 0.717) is 31.0 Å². The maximum atomic E-state index is 12.9. The number of hydrogen-bond donors (Lipinski definition) is 3. The van der Waals surface area contributed by atoms with E-state index in [1.165, 1.54) is 5.57 Å². The third kappa shape index (κ3) is 3.72. The summed E-state index contributed by atoms with van der Waals surface area (Å²) < 4.78 is 12.0. The van der Waals surface area contributed by atoms with Crippen molar-refractivity contribution in [2.24, 2.45) is 45.3 Å². The number of ketones is 1. The van der Waals surface area contributed by atoms with Crippen LogP contribution in [0, 0.1) is 45.3 Å². The summed E-state index contributed by atoms with van der Waals surface area (Å²) in [5.41, 5.74) is -0.638. The molecular formula is C31H50O6. The molecule has 0 radical (unpaired) electrons. The van der Waals surface area contributed by atoms with E-state index in [1.807, 2.05) is 0 Å². The third-order valence-corrected chi connectivity index (χ3v) is 12.5. The fourth-order valence-corrected chi connectivity index (χ4v) is 10.4. The van der Waals surface area contributed by atoms with Gasteiger partial charge in [-0.05, 0) is 81.0 Å². The van der Waals surface area contributed by atoms with Crippen molar-refractivity contribution in [1.29, 1.82) is 0 Å². The van der Waals surface area contributed by atoms with Crippen molar-refractivity contribution in [2.45, 2.75) is 124 Å². The second-order valence-electron chi connectivity index (χ2n) is 15.0. The number of carbonyl (C=O) groups is 1. The molecule has 1 heterocycles. The van der Waals surface area contributed by atoms with Crippen LogP contribution < -0.4 is 0 Å². The highest BCUT2D eigenvalue weighted by Crippen LogP contribution is 2.73. The Balaban J connectivity index is 1.46. The lowest BCUT2D eigenvalue weighted by molar-refractivity contribution is -0.196. The summed E-state index contributed by atoms with van der Waals surface area (Å²) in [6.45, 7) is 14.5. The van der Waals surface area contributed by atoms with E-state index >= 15 is 0 Å². The Morgan fingerprint density at radius 1 is 1.11 bits per heavy atom. The van der Waals surface area contributed by atoms with Crippen molar-refractivity contribution >= 4 is 5.78 Å². The number of Topliss-reactive ketones (excluding diaryl/α,β-unsaturated/α-hetero) is 1. The molecule has 6 nitrogen and oxygen atoms in total. The summed E-state index contributed by atoms with van der Waals surface area (Å²) in [6, 6.07) is 0. The highest BCUT2D eigenvalue weighted by atomic mass is 16.7. The molecule has 4 aliphatic carbocycles. The molecule has 6 heteroatoms. The number of hydrogen-bond acceptors (Lipinski definition) is 6. The summed E-state index contributed by atoms with van der Waals surface area (Å²) in [4.78, 5) is 12.9. The van der Waals surface area contributed by atoms with E-state index in [9.17, 15) is 20.1 Å². The van der Waals surface area contributed by atoms with Crippen LogP contribution in [0.1, 0.15) is 93.4 Å². The Labute approximate surface area is 223 Å². The van der Waals surface area contributed by atoms with Gasteiger partial charge in [-0.15, -0.1) is 0 Å². The molecule has 3 N–H and O–H groups in total. The van der Waals surface area contributed by atoms with Crippen LogP contribution in [0.4, 0.5) is 0 Å². The van der Waals surface area contributed by atoms with Gasteiger partial charge in [0.25, 0.3) is 0 Å². The van der Waals surface area contributed by atoms with Gasteiger partial charge in [0.1, 0.15) is 11.9 Å². The zero-order valence-corrected chi connectivity index (χ0v) is 24.2. The van der Waals surface area contributed by atoms with Crippen molar-refractivity contribution in [3.63, 3.8) is 0 Å². The lowest BCUT2D eigenvalue weighted by Gasteiger charge is -2.67. The topological polar surface area (TPSA) is 96.2 Å². The van der Waals surface area contributed by atoms with Gasteiger partial charge in [-0.3, -0.25) is 4.79 Å². The zero-order chi connectivity index (χ0) is 27.3. The minimum Gasteiger partial charge on any atom is -0.392 e. The summed E-state index contributed by atoms with van der Waals surface area (Å²) in [7, 11) is 1.67. The number of aliphatic hydroxyl groups is 3. The SMILES string of the molecule is CO[C@@H]1O[C@@H]([C@H](O)C(C)(C)O)C[C@H]1[C@H]1CC=C2[C@]3(C)[C@H](O)C[C@H]4C(C)(C)C(=O)CC[C@]4(C)[C@H]3CC[C@]21C. The molecule has 0 bridgehead atoms. The predicted octanol–water partition coefficient (Wildman–Crippen LogP) is 4.64. The number of rotatable bonds is 4. The highest BCUT2D eigenvalue weighted by molar-refractivity contribution is 5.85. The first-order valence-corrected chi connectivity index (χ1v) is 14.5. The molecule has 210 valence electrons. The van der Waals surface area contributed by atoms with E-state index in [1.54, 1.807) is 21.0 Å². The second-order valence-corrected chi connectivity index (χ2v) is 15.0. The molecule has 0 aromatic carbocycles. The second kappa shape index (κ2) is 8.60. The largest absolute Gasteiger partial charge is 0.392 e. The van der Waals surface area contributed by atoms with Gasteiger partial charge in [0.15, 0.2) is 6.29 Å². The first kappa shape index (κ1) is 27.8. The molecule has 11 atom stereocenters. The number of allylic oxidation sites excluding steroid dienone is 1. The maximum Gasteiger partial charge on any atom is 0.160 e. The first-order valence-electron chi connectivity index (χ1n) is 14.5. The van der Waals surface area contributed by atoms with Gasteiger partial charge in [0, 0.05) is 30.3 Å². The van der Waals surface area contributed by atoms with Crippen LogP contribution in [-0.2, 0) is 14.3 Å². The Kier molecular flexibility index (Phi) is 6.46. The van der Waals surface area contributed by atoms with Gasteiger partial charge >= 0.3 is 0 Å². The van der Waals surface area contributed by atoms with Gasteiger partial charge in [-0.2, -0.15) is 0 Å². The number of aliphatic hydroxyl groups excluding tert-OH is 2. The van der Waals surface area contributed by atoms with Crippen LogP contribution in [0.3, 0.4) is 0 Å². The van der Waals surface area contributed by atoms with Crippen LogP contribution in [0.25, 0.3) is 0 Å². The fourth-order valence-electron chi connectivity index (χ4n) is 10.4. The molecule has 4 fully saturated rings. The molecular weight excluding hydrogens is 468 g/mol. The van der Waals surface area contributed by atoms with Crippen LogP contribution in [-0.4, -0.2) is 58.4 Å². The van der Waals surface area contributed by atoms with Crippen LogP contribution in [0.15, 0.2) is 11.6 Å². The molecule has 37 heavy (non-hydrogen) atoms. The molecule has 3 saturated carbocycles. The van der Waals surface area contributed by atoms with Crippen molar-refractivity contribution in [2.75, 3.05) is 7.11 Å². The Bertz CT molecular complexity index is 965. The highest BCUT2D eigenvalue weighted by Gasteiger charge is 2.69. The molecule has 1 aliphatic heterocycles. The number of carbonyl (C=O) groups excluding carboxylic acids is 1. The third-order valence-electron chi connectivity index (χ3n) is 12.5. The van der Waals surface area contributed by atoms with Crippen molar-refractivity contribution < 1.29 is 29.6 Å². The van der Waals surface area contributed by atoms with E-state index in [-0.39, 0.29) is 34.0 Å².